The summed E-state index contributed by atoms with van der Waals surface area (Å²) >= 11 is 9.13. The normalized spacial score (nSPS) is 20.0. The molecule has 1 fully saturated rings. The lowest BCUT2D eigenvalue weighted by molar-refractivity contribution is 0.250. The van der Waals surface area contributed by atoms with Crippen molar-refractivity contribution in [1.29, 1.82) is 0 Å². The first-order valence-corrected chi connectivity index (χ1v) is 9.14. The van der Waals surface area contributed by atoms with Gasteiger partial charge in [-0.3, -0.25) is 0 Å². The highest BCUT2D eigenvalue weighted by molar-refractivity contribution is 9.10. The van der Waals surface area contributed by atoms with Gasteiger partial charge < -0.3 is 5.73 Å². The van der Waals surface area contributed by atoms with Crippen LogP contribution in [-0.4, -0.2) is 31.9 Å². The molecule has 1 aromatic carbocycles. The molecule has 20 heavy (non-hydrogen) atoms. The first-order chi connectivity index (χ1) is 9.32. The summed E-state index contributed by atoms with van der Waals surface area (Å²) in [6, 6.07) is 4.85. The van der Waals surface area contributed by atoms with Crippen molar-refractivity contribution < 1.29 is 8.42 Å². The van der Waals surface area contributed by atoms with Gasteiger partial charge >= 0.3 is 0 Å². The van der Waals surface area contributed by atoms with Crippen molar-refractivity contribution in [2.45, 2.75) is 30.7 Å². The van der Waals surface area contributed by atoms with Gasteiger partial charge in [0.2, 0.25) is 10.0 Å². The van der Waals surface area contributed by atoms with Crippen molar-refractivity contribution in [2.24, 2.45) is 11.7 Å². The molecule has 0 amide bonds. The van der Waals surface area contributed by atoms with Gasteiger partial charge in [0.25, 0.3) is 0 Å². The molecular weight excluding hydrogens is 364 g/mol. The third-order valence-corrected chi connectivity index (χ3v) is 6.86. The molecular formula is C13H18BrClN2O2S. The van der Waals surface area contributed by atoms with Crippen LogP contribution in [0.1, 0.15) is 19.8 Å². The van der Waals surface area contributed by atoms with Crippen molar-refractivity contribution in [2.75, 3.05) is 13.1 Å². The van der Waals surface area contributed by atoms with Crippen LogP contribution in [0.25, 0.3) is 0 Å². The maximum atomic E-state index is 12.6. The van der Waals surface area contributed by atoms with Crippen LogP contribution in [0.15, 0.2) is 27.6 Å². The van der Waals surface area contributed by atoms with Crippen molar-refractivity contribution in [3.8, 4) is 0 Å². The van der Waals surface area contributed by atoms with E-state index < -0.39 is 10.0 Å². The molecule has 4 nitrogen and oxygen atoms in total. The fourth-order valence-corrected chi connectivity index (χ4v) is 5.28. The number of piperidine rings is 1. The van der Waals surface area contributed by atoms with Crippen LogP contribution in [-0.2, 0) is 10.0 Å². The summed E-state index contributed by atoms with van der Waals surface area (Å²) in [6.07, 6.45) is 1.62. The summed E-state index contributed by atoms with van der Waals surface area (Å²) in [6.45, 7) is 3.01. The molecule has 7 heteroatoms. The van der Waals surface area contributed by atoms with Crippen LogP contribution in [0.4, 0.5) is 0 Å². The quantitative estimate of drug-likeness (QED) is 0.875. The van der Waals surface area contributed by atoms with Gasteiger partial charge in [0.05, 0.1) is 4.90 Å². The number of hydrogen-bond donors (Lipinski definition) is 1. The smallest absolute Gasteiger partial charge is 0.244 e. The monoisotopic (exact) mass is 380 g/mol. The van der Waals surface area contributed by atoms with Crippen LogP contribution in [0.5, 0.6) is 0 Å². The van der Waals surface area contributed by atoms with E-state index in [-0.39, 0.29) is 10.9 Å². The lowest BCUT2D eigenvalue weighted by atomic mass is 9.92. The summed E-state index contributed by atoms with van der Waals surface area (Å²) in [5, 5.41) is 0.506. The SMILES string of the molecule is CC(N)C1CCN(S(=O)(=O)c2ccc(Cl)cc2Br)CC1. The number of sulfonamides is 1. The van der Waals surface area contributed by atoms with Crippen LogP contribution < -0.4 is 5.73 Å². The van der Waals surface area contributed by atoms with Crippen LogP contribution in [0.2, 0.25) is 5.02 Å². The molecule has 0 aliphatic carbocycles. The molecule has 2 rings (SSSR count). The topological polar surface area (TPSA) is 63.4 Å². The van der Waals surface area contributed by atoms with Crippen molar-refractivity contribution in [1.82, 2.24) is 4.31 Å². The maximum absolute atomic E-state index is 12.6. The fourth-order valence-electron chi connectivity index (χ4n) is 2.47. The van der Waals surface area contributed by atoms with Crippen LogP contribution >= 0.6 is 27.5 Å². The summed E-state index contributed by atoms with van der Waals surface area (Å²) in [5.41, 5.74) is 5.88. The van der Waals surface area contributed by atoms with Crippen molar-refractivity contribution >= 4 is 37.6 Å². The highest BCUT2D eigenvalue weighted by Gasteiger charge is 2.31. The van der Waals surface area contributed by atoms with E-state index in [2.05, 4.69) is 15.9 Å². The van der Waals surface area contributed by atoms with Gasteiger partial charge in [0, 0.05) is 28.6 Å². The molecule has 1 aliphatic rings. The summed E-state index contributed by atoms with van der Waals surface area (Å²) in [5.74, 6) is 0.398. The van der Waals surface area contributed by atoms with E-state index in [4.69, 9.17) is 17.3 Å². The Morgan fingerprint density at radius 2 is 2.00 bits per heavy atom. The molecule has 2 N–H and O–H groups in total. The molecule has 1 unspecified atom stereocenters. The van der Waals surface area contributed by atoms with Gasteiger partial charge in [-0.25, -0.2) is 8.42 Å². The number of rotatable bonds is 3. The third kappa shape index (κ3) is 3.36. The minimum atomic E-state index is -3.47. The van der Waals surface area contributed by atoms with E-state index in [0.717, 1.165) is 12.8 Å². The third-order valence-electron chi connectivity index (χ3n) is 3.75. The van der Waals surface area contributed by atoms with E-state index in [1.807, 2.05) is 6.92 Å². The van der Waals surface area contributed by atoms with Gasteiger partial charge in [-0.1, -0.05) is 11.6 Å². The summed E-state index contributed by atoms with van der Waals surface area (Å²) < 4.78 is 27.3. The first-order valence-electron chi connectivity index (χ1n) is 6.53. The van der Waals surface area contributed by atoms with Gasteiger partial charge in [0.15, 0.2) is 0 Å². The molecule has 1 heterocycles. The number of halogens is 2. The van der Waals surface area contributed by atoms with Crippen molar-refractivity contribution in [3.63, 3.8) is 0 Å². The van der Waals surface area contributed by atoms with E-state index >= 15 is 0 Å². The van der Waals surface area contributed by atoms with Crippen molar-refractivity contribution in [3.05, 3.63) is 27.7 Å². The maximum Gasteiger partial charge on any atom is 0.244 e. The van der Waals surface area contributed by atoms with Gasteiger partial charge in [0.1, 0.15) is 0 Å². The Morgan fingerprint density at radius 3 is 2.50 bits per heavy atom. The van der Waals surface area contributed by atoms with Gasteiger partial charge in [-0.15, -0.1) is 0 Å². The first kappa shape index (κ1) is 16.2. The second-order valence-electron chi connectivity index (χ2n) is 5.18. The molecule has 0 aromatic heterocycles. The molecule has 0 radical (unpaired) electrons. The Labute approximate surface area is 133 Å². The van der Waals surface area contributed by atoms with Crippen LogP contribution in [0.3, 0.4) is 0 Å². The summed E-state index contributed by atoms with van der Waals surface area (Å²) in [7, 11) is -3.47. The number of nitrogens with zero attached hydrogens (tertiary/aromatic N) is 1. The minimum absolute atomic E-state index is 0.113. The molecule has 112 valence electrons. The average Bonchev–Trinajstić information content (AvgIpc) is 2.38. The van der Waals surface area contributed by atoms with Crippen LogP contribution in [0, 0.1) is 5.92 Å². The Balaban J connectivity index is 2.20. The highest BCUT2D eigenvalue weighted by Crippen LogP contribution is 2.30. The van der Waals surface area contributed by atoms with E-state index in [1.54, 1.807) is 18.2 Å². The number of nitrogens with two attached hydrogens (primary N) is 1. The molecule has 1 aliphatic heterocycles. The minimum Gasteiger partial charge on any atom is -0.328 e. The Morgan fingerprint density at radius 1 is 1.40 bits per heavy atom. The Bertz CT molecular complexity index is 584. The standard InChI is InChI=1S/C13H18BrClN2O2S/c1-9(16)10-4-6-17(7-5-10)20(18,19)13-3-2-11(15)8-12(13)14/h2-3,8-10H,4-7,16H2,1H3. The molecule has 1 atom stereocenters. The zero-order chi connectivity index (χ0) is 14.9. The van der Waals surface area contributed by atoms with Gasteiger partial charge in [-0.2, -0.15) is 4.31 Å². The van der Waals surface area contributed by atoms with E-state index in [1.165, 1.54) is 4.31 Å². The molecule has 0 spiro atoms. The lowest BCUT2D eigenvalue weighted by Crippen LogP contribution is -2.42. The van der Waals surface area contributed by atoms with Gasteiger partial charge in [-0.05, 0) is 59.8 Å². The van der Waals surface area contributed by atoms with E-state index in [0.29, 0.717) is 28.5 Å². The lowest BCUT2D eigenvalue weighted by Gasteiger charge is -2.33. The molecule has 1 aromatic rings. The molecule has 1 saturated heterocycles. The zero-order valence-corrected chi connectivity index (χ0v) is 14.4. The number of hydrogen-bond acceptors (Lipinski definition) is 3. The largest absolute Gasteiger partial charge is 0.328 e. The average molecular weight is 382 g/mol. The second kappa shape index (κ2) is 6.32. The fraction of sp³-hybridized carbons (Fsp3) is 0.538. The molecule has 0 saturated carbocycles. The predicted molar refractivity (Wildman–Crippen MR) is 84.3 cm³/mol. The Kier molecular flexibility index (Phi) is 5.13. The van der Waals surface area contributed by atoms with E-state index in [9.17, 15) is 8.42 Å². The molecule has 0 bridgehead atoms. The predicted octanol–water partition coefficient (Wildman–Crippen LogP) is 2.85. The Hall–Kier alpha value is -0.140. The zero-order valence-electron chi connectivity index (χ0n) is 11.2. The second-order valence-corrected chi connectivity index (χ2v) is 8.37. The summed E-state index contributed by atoms with van der Waals surface area (Å²) in [4.78, 5) is 0.265. The highest BCUT2D eigenvalue weighted by atomic mass is 79.9. The number of benzene rings is 1.